The molecular weight excluding hydrogens is 236 g/mol. The Bertz CT molecular complexity index is 455. The van der Waals surface area contributed by atoms with Gasteiger partial charge in [0.25, 0.3) is 0 Å². The molecule has 0 amide bonds. The first-order valence-electron chi connectivity index (χ1n) is 5.82. The third-order valence-electron chi connectivity index (χ3n) is 3.35. The minimum atomic E-state index is -0.354. The molecule has 1 aromatic heterocycles. The van der Waals surface area contributed by atoms with E-state index in [9.17, 15) is 4.79 Å². The minimum absolute atomic E-state index is 0.354. The van der Waals surface area contributed by atoms with Gasteiger partial charge in [0, 0.05) is 12.8 Å². The highest BCUT2D eigenvalue weighted by Gasteiger charge is 2.37. The largest absolute Gasteiger partial charge is 0.347 e. The molecular formula is C13H14O3S. The van der Waals surface area contributed by atoms with Crippen LogP contribution in [0.4, 0.5) is 0 Å². The highest BCUT2D eigenvalue weighted by atomic mass is 32.1. The lowest BCUT2D eigenvalue weighted by atomic mass is 9.91. The average molecular weight is 250 g/mol. The quantitative estimate of drug-likeness (QED) is 0.757. The molecule has 0 unspecified atom stereocenters. The van der Waals surface area contributed by atoms with Gasteiger partial charge in [-0.15, -0.1) is 11.3 Å². The molecule has 0 N–H and O–H groups in total. The van der Waals surface area contributed by atoms with Crippen molar-refractivity contribution in [1.82, 2.24) is 0 Å². The summed E-state index contributed by atoms with van der Waals surface area (Å²) in [6.45, 7) is 1.41. The van der Waals surface area contributed by atoms with Gasteiger partial charge in [0.15, 0.2) is 12.1 Å². The maximum absolute atomic E-state index is 10.7. The molecule has 1 fully saturated rings. The molecule has 0 radical (unpaired) electrons. The highest BCUT2D eigenvalue weighted by Crippen LogP contribution is 2.38. The molecule has 0 aromatic carbocycles. The van der Waals surface area contributed by atoms with Crippen LogP contribution in [0.3, 0.4) is 0 Å². The Morgan fingerprint density at radius 1 is 1.35 bits per heavy atom. The second kappa shape index (κ2) is 4.37. The number of aldehydes is 1. The lowest BCUT2D eigenvalue weighted by molar-refractivity contribution is -0.159. The van der Waals surface area contributed by atoms with Crippen molar-refractivity contribution in [2.75, 3.05) is 13.2 Å². The molecule has 17 heavy (non-hydrogen) atoms. The summed E-state index contributed by atoms with van der Waals surface area (Å²) in [6.07, 6.45) is 5.77. The van der Waals surface area contributed by atoms with Crippen molar-refractivity contribution in [3.8, 4) is 0 Å². The van der Waals surface area contributed by atoms with Crippen molar-refractivity contribution < 1.29 is 14.3 Å². The van der Waals surface area contributed by atoms with Crippen LogP contribution in [-0.4, -0.2) is 25.3 Å². The lowest BCUT2D eigenvalue weighted by Crippen LogP contribution is -2.31. The Labute approximate surface area is 104 Å². The van der Waals surface area contributed by atoms with Crippen LogP contribution >= 0.6 is 11.3 Å². The second-order valence-electron chi connectivity index (χ2n) is 4.40. The first-order valence-corrected chi connectivity index (χ1v) is 6.70. The number of hydrogen-bond acceptors (Lipinski definition) is 4. The van der Waals surface area contributed by atoms with Crippen LogP contribution in [0, 0.1) is 0 Å². The molecule has 3 nitrogen and oxygen atoms in total. The summed E-state index contributed by atoms with van der Waals surface area (Å²) in [7, 11) is 0. The topological polar surface area (TPSA) is 35.5 Å². The summed E-state index contributed by atoms with van der Waals surface area (Å²) in [5.41, 5.74) is 2.48. The Kier molecular flexibility index (Phi) is 2.86. The Morgan fingerprint density at radius 2 is 2.18 bits per heavy atom. The maximum Gasteiger partial charge on any atom is 0.172 e. The van der Waals surface area contributed by atoms with Crippen molar-refractivity contribution in [1.29, 1.82) is 0 Å². The van der Waals surface area contributed by atoms with Crippen LogP contribution < -0.4 is 0 Å². The van der Waals surface area contributed by atoms with Crippen molar-refractivity contribution in [3.63, 3.8) is 0 Å². The number of thiophene rings is 1. The van der Waals surface area contributed by atoms with E-state index in [4.69, 9.17) is 9.47 Å². The third kappa shape index (κ3) is 2.08. The van der Waals surface area contributed by atoms with E-state index in [-0.39, 0.29) is 5.79 Å². The fourth-order valence-corrected chi connectivity index (χ4v) is 3.15. The molecule has 2 heterocycles. The van der Waals surface area contributed by atoms with E-state index < -0.39 is 0 Å². The van der Waals surface area contributed by atoms with Gasteiger partial charge >= 0.3 is 0 Å². The second-order valence-corrected chi connectivity index (χ2v) is 5.34. The molecule has 0 atom stereocenters. The van der Waals surface area contributed by atoms with Crippen LogP contribution in [0.5, 0.6) is 0 Å². The molecule has 4 heteroatoms. The normalized spacial score (nSPS) is 22.7. The highest BCUT2D eigenvalue weighted by molar-refractivity contribution is 7.11. The number of hydrogen-bond donors (Lipinski definition) is 0. The average Bonchev–Trinajstić information content (AvgIpc) is 3.00. The van der Waals surface area contributed by atoms with E-state index in [0.717, 1.165) is 30.4 Å². The molecule has 1 aliphatic carbocycles. The van der Waals surface area contributed by atoms with E-state index in [1.54, 1.807) is 0 Å². The van der Waals surface area contributed by atoms with Gasteiger partial charge < -0.3 is 9.47 Å². The summed E-state index contributed by atoms with van der Waals surface area (Å²) in [6, 6.07) is 1.96. The zero-order valence-electron chi connectivity index (χ0n) is 9.48. The van der Waals surface area contributed by atoms with Crippen molar-refractivity contribution >= 4 is 23.2 Å². The minimum Gasteiger partial charge on any atom is -0.347 e. The van der Waals surface area contributed by atoms with Gasteiger partial charge in [-0.1, -0.05) is 6.08 Å². The van der Waals surface area contributed by atoms with Gasteiger partial charge in [0.05, 0.1) is 18.1 Å². The molecule has 3 rings (SSSR count). The number of rotatable bonds is 2. The number of ether oxygens (including phenoxy) is 2. The van der Waals surface area contributed by atoms with Crippen LogP contribution in [-0.2, 0) is 9.47 Å². The van der Waals surface area contributed by atoms with Gasteiger partial charge in [-0.3, -0.25) is 4.79 Å². The van der Waals surface area contributed by atoms with E-state index >= 15 is 0 Å². The molecule has 0 bridgehead atoms. The van der Waals surface area contributed by atoms with Gasteiger partial charge in [0.1, 0.15) is 0 Å². The summed E-state index contributed by atoms with van der Waals surface area (Å²) < 4.78 is 11.3. The fourth-order valence-electron chi connectivity index (χ4n) is 2.41. The standard InChI is InChI=1S/C13H14O3S/c14-8-12-7-11(9-17-12)10-1-3-13(4-2-10)15-5-6-16-13/h1,7-9H,2-6H2. The van der Waals surface area contributed by atoms with E-state index in [0.29, 0.717) is 13.2 Å². The fraction of sp³-hybridized carbons (Fsp3) is 0.462. The zero-order chi connectivity index (χ0) is 11.7. The van der Waals surface area contributed by atoms with Gasteiger partial charge in [-0.05, 0) is 29.0 Å². The Hall–Kier alpha value is -0.970. The predicted octanol–water partition coefficient (Wildman–Crippen LogP) is 2.87. The van der Waals surface area contributed by atoms with Crippen molar-refractivity contribution in [2.45, 2.75) is 25.0 Å². The maximum atomic E-state index is 10.7. The molecule has 2 aliphatic rings. The molecule has 1 saturated heterocycles. The third-order valence-corrected chi connectivity index (χ3v) is 4.21. The number of carbonyl (C=O) groups is 1. The van der Waals surface area contributed by atoms with Gasteiger partial charge in [-0.25, -0.2) is 0 Å². The first-order chi connectivity index (χ1) is 8.31. The van der Waals surface area contributed by atoms with E-state index in [1.165, 1.54) is 22.5 Å². The van der Waals surface area contributed by atoms with Gasteiger partial charge in [-0.2, -0.15) is 0 Å². The Morgan fingerprint density at radius 3 is 2.76 bits per heavy atom. The van der Waals surface area contributed by atoms with Crippen molar-refractivity contribution in [2.24, 2.45) is 0 Å². The lowest BCUT2D eigenvalue weighted by Gasteiger charge is -2.30. The first kappa shape index (κ1) is 11.1. The molecule has 90 valence electrons. The summed E-state index contributed by atoms with van der Waals surface area (Å²) >= 11 is 1.50. The van der Waals surface area contributed by atoms with Crippen LogP contribution in [0.2, 0.25) is 0 Å². The molecule has 1 aliphatic heterocycles. The predicted molar refractivity (Wildman–Crippen MR) is 66.2 cm³/mol. The molecule has 0 saturated carbocycles. The molecule has 1 aromatic rings. The van der Waals surface area contributed by atoms with Crippen LogP contribution in [0.25, 0.3) is 5.57 Å². The number of carbonyl (C=O) groups excluding carboxylic acids is 1. The summed E-state index contributed by atoms with van der Waals surface area (Å²) in [5.74, 6) is -0.354. The smallest absolute Gasteiger partial charge is 0.172 e. The SMILES string of the molecule is O=Cc1cc(C2=CCC3(CC2)OCCO3)cs1. The van der Waals surface area contributed by atoms with Crippen molar-refractivity contribution in [3.05, 3.63) is 28.0 Å². The summed E-state index contributed by atoms with van der Waals surface area (Å²) in [4.78, 5) is 11.4. The monoisotopic (exact) mass is 250 g/mol. The van der Waals surface area contributed by atoms with Gasteiger partial charge in [0.2, 0.25) is 0 Å². The summed E-state index contributed by atoms with van der Waals surface area (Å²) in [5, 5.41) is 2.05. The van der Waals surface area contributed by atoms with E-state index in [1.807, 2.05) is 11.4 Å². The Balaban J connectivity index is 1.77. The van der Waals surface area contributed by atoms with Crippen LogP contribution in [0.1, 0.15) is 34.5 Å². The van der Waals surface area contributed by atoms with E-state index in [2.05, 4.69) is 6.08 Å². The molecule has 1 spiro atoms. The van der Waals surface area contributed by atoms with Crippen LogP contribution in [0.15, 0.2) is 17.5 Å². The zero-order valence-corrected chi connectivity index (χ0v) is 10.3. The number of allylic oxidation sites excluding steroid dienone is 1.